The summed E-state index contributed by atoms with van der Waals surface area (Å²) in [7, 11) is 0. The Labute approximate surface area is 64.9 Å². The van der Waals surface area contributed by atoms with Crippen LogP contribution in [0.3, 0.4) is 0 Å². The van der Waals surface area contributed by atoms with E-state index in [4.69, 9.17) is 20.4 Å². The first kappa shape index (κ1) is 10.8. The van der Waals surface area contributed by atoms with Crippen molar-refractivity contribution in [2.75, 3.05) is 0 Å². The van der Waals surface area contributed by atoms with Crippen molar-refractivity contribution >= 4 is 0 Å². The highest BCUT2D eigenvalue weighted by Gasteiger charge is 2.24. The fourth-order valence-electron chi connectivity index (χ4n) is 0.773. The second-order valence-corrected chi connectivity index (χ2v) is 2.89. The number of aliphatic hydroxyl groups excluding tert-OH is 2. The first-order valence-corrected chi connectivity index (χ1v) is 3.23. The molecule has 0 unspecified atom stereocenters. The molecule has 0 atom stereocenters. The zero-order chi connectivity index (χ0) is 9.07. The standard InChI is InChI=1S/C6H14O5/c1-6(2,3-4(7)8)11-5(9)10/h4-5,7-10H,3H2,1-2H3. The van der Waals surface area contributed by atoms with Gasteiger partial charge < -0.3 is 25.2 Å². The summed E-state index contributed by atoms with van der Waals surface area (Å²) in [6.45, 7) is 1.15. The van der Waals surface area contributed by atoms with E-state index in [9.17, 15) is 0 Å². The van der Waals surface area contributed by atoms with Crippen LogP contribution in [-0.4, -0.2) is 38.8 Å². The summed E-state index contributed by atoms with van der Waals surface area (Å²) in [5, 5.41) is 33.8. The van der Waals surface area contributed by atoms with E-state index in [1.54, 1.807) is 0 Å². The molecule has 5 heteroatoms. The van der Waals surface area contributed by atoms with E-state index in [2.05, 4.69) is 4.74 Å². The van der Waals surface area contributed by atoms with Gasteiger partial charge in [-0.3, -0.25) is 0 Å². The highest BCUT2D eigenvalue weighted by molar-refractivity contribution is 4.68. The molecule has 0 rings (SSSR count). The number of hydrogen-bond donors (Lipinski definition) is 4. The van der Waals surface area contributed by atoms with Crippen molar-refractivity contribution in [1.29, 1.82) is 0 Å². The predicted octanol–water partition coefficient (Wildman–Crippen LogP) is -1.25. The molecule has 68 valence electrons. The van der Waals surface area contributed by atoms with Gasteiger partial charge in [0, 0.05) is 6.42 Å². The molecule has 0 aliphatic heterocycles. The van der Waals surface area contributed by atoms with Crippen LogP contribution in [-0.2, 0) is 4.74 Å². The molecule has 0 spiro atoms. The molecule has 5 nitrogen and oxygen atoms in total. The minimum absolute atomic E-state index is 0.0787. The minimum Gasteiger partial charge on any atom is -0.368 e. The Kier molecular flexibility index (Phi) is 3.91. The molecule has 0 aliphatic carbocycles. The Morgan fingerprint density at radius 1 is 1.18 bits per heavy atom. The molecular formula is C6H14O5. The van der Waals surface area contributed by atoms with E-state index in [1.165, 1.54) is 13.8 Å². The van der Waals surface area contributed by atoms with Gasteiger partial charge in [0.2, 0.25) is 0 Å². The molecule has 0 aromatic heterocycles. The molecule has 0 aromatic carbocycles. The van der Waals surface area contributed by atoms with E-state index in [0.717, 1.165) is 0 Å². The largest absolute Gasteiger partial charge is 0.368 e. The lowest BCUT2D eigenvalue weighted by Crippen LogP contribution is -2.34. The Balaban J connectivity index is 3.79. The Bertz CT molecular complexity index is 97.5. The normalized spacial score (nSPS) is 13.1. The van der Waals surface area contributed by atoms with Gasteiger partial charge in [0.05, 0.1) is 5.60 Å². The van der Waals surface area contributed by atoms with Crippen LogP contribution < -0.4 is 0 Å². The van der Waals surface area contributed by atoms with Crippen LogP contribution in [0.2, 0.25) is 0 Å². The predicted molar refractivity (Wildman–Crippen MR) is 36.2 cm³/mol. The van der Waals surface area contributed by atoms with E-state index < -0.39 is 18.4 Å². The monoisotopic (exact) mass is 166 g/mol. The Morgan fingerprint density at radius 3 is 1.91 bits per heavy atom. The summed E-state index contributed by atoms with van der Waals surface area (Å²) in [5.41, 5.74) is -0.956. The smallest absolute Gasteiger partial charge is 0.267 e. The van der Waals surface area contributed by atoms with Gasteiger partial charge in [-0.25, -0.2) is 0 Å². The highest BCUT2D eigenvalue weighted by atomic mass is 16.7. The van der Waals surface area contributed by atoms with Crippen molar-refractivity contribution in [1.82, 2.24) is 0 Å². The maximum Gasteiger partial charge on any atom is 0.267 e. The van der Waals surface area contributed by atoms with Gasteiger partial charge in [0.15, 0.2) is 6.29 Å². The van der Waals surface area contributed by atoms with Crippen LogP contribution in [0.5, 0.6) is 0 Å². The van der Waals surface area contributed by atoms with Gasteiger partial charge in [-0.2, -0.15) is 0 Å². The van der Waals surface area contributed by atoms with Crippen LogP contribution >= 0.6 is 0 Å². The third-order valence-corrected chi connectivity index (χ3v) is 1.10. The molecule has 4 N–H and O–H groups in total. The molecule has 0 bridgehead atoms. The molecule has 0 fully saturated rings. The van der Waals surface area contributed by atoms with E-state index in [1.807, 2.05) is 0 Å². The first-order valence-electron chi connectivity index (χ1n) is 3.23. The van der Waals surface area contributed by atoms with E-state index in [0.29, 0.717) is 0 Å². The zero-order valence-corrected chi connectivity index (χ0v) is 6.56. The van der Waals surface area contributed by atoms with E-state index in [-0.39, 0.29) is 6.42 Å². The van der Waals surface area contributed by atoms with Gasteiger partial charge in [0.1, 0.15) is 0 Å². The summed E-state index contributed by atoms with van der Waals surface area (Å²) in [6, 6.07) is 0. The second kappa shape index (κ2) is 3.99. The van der Waals surface area contributed by atoms with Gasteiger partial charge in [-0.05, 0) is 13.8 Å². The van der Waals surface area contributed by atoms with Crippen LogP contribution in [0.4, 0.5) is 0 Å². The molecule has 0 saturated heterocycles. The summed E-state index contributed by atoms with van der Waals surface area (Å²) < 4.78 is 4.54. The number of ether oxygens (including phenoxy) is 1. The van der Waals surface area contributed by atoms with Crippen LogP contribution in [0.15, 0.2) is 0 Å². The Hall–Kier alpha value is -0.200. The van der Waals surface area contributed by atoms with E-state index >= 15 is 0 Å². The molecule has 0 heterocycles. The fraction of sp³-hybridized carbons (Fsp3) is 1.00. The highest BCUT2D eigenvalue weighted by Crippen LogP contribution is 2.16. The quantitative estimate of drug-likeness (QED) is 0.392. The van der Waals surface area contributed by atoms with Gasteiger partial charge >= 0.3 is 0 Å². The summed E-state index contributed by atoms with van der Waals surface area (Å²) in [5.74, 6) is 0. The lowest BCUT2D eigenvalue weighted by atomic mass is 10.1. The molecule has 0 amide bonds. The number of aliphatic hydroxyl groups is 4. The topological polar surface area (TPSA) is 90.2 Å². The first-order chi connectivity index (χ1) is 4.83. The minimum atomic E-state index is -1.89. The maximum absolute atomic E-state index is 8.51. The van der Waals surface area contributed by atoms with Crippen LogP contribution in [0.1, 0.15) is 20.3 Å². The molecule has 11 heavy (non-hydrogen) atoms. The number of hydrogen-bond acceptors (Lipinski definition) is 5. The van der Waals surface area contributed by atoms with Crippen molar-refractivity contribution in [2.24, 2.45) is 0 Å². The zero-order valence-electron chi connectivity index (χ0n) is 6.56. The van der Waals surface area contributed by atoms with Crippen molar-refractivity contribution in [3.8, 4) is 0 Å². The van der Waals surface area contributed by atoms with Gasteiger partial charge in [-0.1, -0.05) is 0 Å². The molecule has 0 radical (unpaired) electrons. The van der Waals surface area contributed by atoms with Crippen LogP contribution in [0, 0.1) is 0 Å². The maximum atomic E-state index is 8.51. The third-order valence-electron chi connectivity index (χ3n) is 1.10. The summed E-state index contributed by atoms with van der Waals surface area (Å²) in [6.07, 6.45) is -1.59. The second-order valence-electron chi connectivity index (χ2n) is 2.89. The van der Waals surface area contributed by atoms with Crippen molar-refractivity contribution < 1.29 is 25.2 Å². The van der Waals surface area contributed by atoms with Gasteiger partial charge in [-0.15, -0.1) is 0 Å². The number of rotatable bonds is 4. The molecule has 0 aliphatic rings. The average molecular weight is 166 g/mol. The molecule has 0 saturated carbocycles. The van der Waals surface area contributed by atoms with Crippen molar-refractivity contribution in [3.63, 3.8) is 0 Å². The van der Waals surface area contributed by atoms with Crippen molar-refractivity contribution in [3.05, 3.63) is 0 Å². The Morgan fingerprint density at radius 2 is 1.64 bits per heavy atom. The summed E-state index contributed by atoms with van der Waals surface area (Å²) in [4.78, 5) is 0. The average Bonchev–Trinajstić information content (AvgIpc) is 1.53. The van der Waals surface area contributed by atoms with Gasteiger partial charge in [0.25, 0.3) is 6.48 Å². The lowest BCUT2D eigenvalue weighted by Gasteiger charge is -2.26. The SMILES string of the molecule is CC(C)(CC(O)O)OC(O)O. The lowest BCUT2D eigenvalue weighted by molar-refractivity contribution is -0.287. The molecule has 0 aromatic rings. The fourth-order valence-corrected chi connectivity index (χ4v) is 0.773. The summed E-state index contributed by atoms with van der Waals surface area (Å²) >= 11 is 0. The third kappa shape index (κ3) is 6.21. The van der Waals surface area contributed by atoms with Crippen LogP contribution in [0.25, 0.3) is 0 Å². The van der Waals surface area contributed by atoms with Crippen molar-refractivity contribution in [2.45, 2.75) is 38.6 Å². The molecular weight excluding hydrogens is 152 g/mol.